The summed E-state index contributed by atoms with van der Waals surface area (Å²) in [5.74, 6) is 0. The minimum atomic E-state index is -3.28. The molecule has 0 aliphatic heterocycles. The van der Waals surface area contributed by atoms with E-state index in [4.69, 9.17) is 4.74 Å². The molecular weight excluding hydrogens is 216 g/mol. The van der Waals surface area contributed by atoms with Crippen molar-refractivity contribution in [3.05, 3.63) is 0 Å². The normalized spacial score (nSPS) is 11.9. The fraction of sp³-hybridized carbons (Fsp3) is 1.00. The lowest BCUT2D eigenvalue weighted by atomic mass is 10.2. The van der Waals surface area contributed by atoms with E-state index in [1.165, 1.54) is 19.3 Å². The highest BCUT2D eigenvalue weighted by Gasteiger charge is 1.99. The summed E-state index contributed by atoms with van der Waals surface area (Å²) in [6, 6.07) is 0. The van der Waals surface area contributed by atoms with E-state index >= 15 is 0 Å². The summed E-state index contributed by atoms with van der Waals surface area (Å²) < 4.78 is 31.0. The SMILES string of the molecule is CCCCCCOCCCOS(C)(=O)=O. The van der Waals surface area contributed by atoms with Gasteiger partial charge in [0.25, 0.3) is 10.1 Å². The Balaban J connectivity index is 3.06. The number of rotatable bonds is 10. The van der Waals surface area contributed by atoms with Crippen molar-refractivity contribution >= 4 is 10.1 Å². The summed E-state index contributed by atoms with van der Waals surface area (Å²) in [5, 5.41) is 0. The first kappa shape index (κ1) is 14.9. The second-order valence-electron chi connectivity index (χ2n) is 3.55. The summed E-state index contributed by atoms with van der Waals surface area (Å²) in [4.78, 5) is 0. The van der Waals surface area contributed by atoms with Crippen molar-refractivity contribution in [2.75, 3.05) is 26.1 Å². The van der Waals surface area contributed by atoms with Crippen molar-refractivity contribution in [1.82, 2.24) is 0 Å². The highest BCUT2D eigenvalue weighted by molar-refractivity contribution is 7.85. The minimum Gasteiger partial charge on any atom is -0.381 e. The van der Waals surface area contributed by atoms with E-state index < -0.39 is 10.1 Å². The van der Waals surface area contributed by atoms with Gasteiger partial charge in [-0.25, -0.2) is 0 Å². The maximum atomic E-state index is 10.6. The lowest BCUT2D eigenvalue weighted by Gasteiger charge is -2.03. The molecule has 4 nitrogen and oxygen atoms in total. The molecule has 0 spiro atoms. The van der Waals surface area contributed by atoms with Crippen molar-refractivity contribution in [3.63, 3.8) is 0 Å². The molecule has 0 aromatic carbocycles. The topological polar surface area (TPSA) is 52.6 Å². The zero-order valence-electron chi connectivity index (χ0n) is 9.70. The molecule has 0 aliphatic rings. The van der Waals surface area contributed by atoms with Crippen LogP contribution in [0.3, 0.4) is 0 Å². The molecule has 0 saturated carbocycles. The third-order valence-electron chi connectivity index (χ3n) is 1.87. The van der Waals surface area contributed by atoms with Crippen LogP contribution in [0.25, 0.3) is 0 Å². The van der Waals surface area contributed by atoms with Crippen molar-refractivity contribution in [2.45, 2.75) is 39.0 Å². The van der Waals surface area contributed by atoms with E-state index in [1.54, 1.807) is 0 Å². The van der Waals surface area contributed by atoms with E-state index in [-0.39, 0.29) is 6.61 Å². The maximum absolute atomic E-state index is 10.6. The van der Waals surface area contributed by atoms with E-state index in [9.17, 15) is 8.42 Å². The Morgan fingerprint density at radius 3 is 2.20 bits per heavy atom. The molecule has 0 N–H and O–H groups in total. The second kappa shape index (κ2) is 9.12. The third kappa shape index (κ3) is 13.9. The van der Waals surface area contributed by atoms with E-state index in [2.05, 4.69) is 11.1 Å². The van der Waals surface area contributed by atoms with Gasteiger partial charge in [-0.2, -0.15) is 8.42 Å². The molecule has 5 heteroatoms. The molecule has 0 unspecified atom stereocenters. The average Bonchev–Trinajstić information content (AvgIpc) is 2.14. The number of hydrogen-bond donors (Lipinski definition) is 0. The summed E-state index contributed by atoms with van der Waals surface area (Å²) >= 11 is 0. The predicted molar refractivity (Wildman–Crippen MR) is 60.4 cm³/mol. The lowest BCUT2D eigenvalue weighted by Crippen LogP contribution is -2.07. The highest BCUT2D eigenvalue weighted by atomic mass is 32.2. The van der Waals surface area contributed by atoms with Gasteiger partial charge in [-0.05, 0) is 12.8 Å². The molecule has 0 atom stereocenters. The zero-order valence-corrected chi connectivity index (χ0v) is 10.5. The van der Waals surface area contributed by atoms with Gasteiger partial charge in [-0.15, -0.1) is 0 Å². The molecule has 0 fully saturated rings. The van der Waals surface area contributed by atoms with Crippen LogP contribution in [0, 0.1) is 0 Å². The van der Waals surface area contributed by atoms with Gasteiger partial charge in [0.05, 0.1) is 12.9 Å². The van der Waals surface area contributed by atoms with Crippen LogP contribution in [0.1, 0.15) is 39.0 Å². The summed E-state index contributed by atoms with van der Waals surface area (Å²) in [6.07, 6.45) is 6.44. The average molecular weight is 238 g/mol. The van der Waals surface area contributed by atoms with Gasteiger partial charge < -0.3 is 4.74 Å². The smallest absolute Gasteiger partial charge is 0.264 e. The molecule has 0 heterocycles. The summed E-state index contributed by atoms with van der Waals surface area (Å²) in [6.45, 7) is 3.72. The van der Waals surface area contributed by atoms with Crippen LogP contribution < -0.4 is 0 Å². The fourth-order valence-electron chi connectivity index (χ4n) is 1.10. The molecule has 0 saturated heterocycles. The Morgan fingerprint density at radius 2 is 1.60 bits per heavy atom. The van der Waals surface area contributed by atoms with Gasteiger partial charge in [0.15, 0.2) is 0 Å². The molecule has 0 rings (SSSR count). The molecular formula is C10H22O4S. The molecule has 0 radical (unpaired) electrons. The van der Waals surface area contributed by atoms with Crippen LogP contribution in [-0.2, 0) is 19.0 Å². The Labute approximate surface area is 93.1 Å². The number of unbranched alkanes of at least 4 members (excludes halogenated alkanes) is 3. The Bertz CT molecular complexity index is 224. The van der Waals surface area contributed by atoms with Crippen molar-refractivity contribution < 1.29 is 17.3 Å². The monoisotopic (exact) mass is 238 g/mol. The molecule has 0 bridgehead atoms. The number of hydrogen-bond acceptors (Lipinski definition) is 4. The fourth-order valence-corrected chi connectivity index (χ4v) is 1.52. The maximum Gasteiger partial charge on any atom is 0.264 e. The second-order valence-corrected chi connectivity index (χ2v) is 5.20. The van der Waals surface area contributed by atoms with Crippen LogP contribution >= 0.6 is 0 Å². The van der Waals surface area contributed by atoms with Crippen molar-refractivity contribution in [1.29, 1.82) is 0 Å². The molecule has 92 valence electrons. The molecule has 0 aromatic rings. The van der Waals surface area contributed by atoms with Gasteiger partial charge >= 0.3 is 0 Å². The number of ether oxygens (including phenoxy) is 1. The molecule has 0 amide bonds. The van der Waals surface area contributed by atoms with Crippen molar-refractivity contribution in [3.8, 4) is 0 Å². The van der Waals surface area contributed by atoms with Crippen molar-refractivity contribution in [2.24, 2.45) is 0 Å². The molecule has 0 aliphatic carbocycles. The van der Waals surface area contributed by atoms with Crippen LogP contribution in [0.5, 0.6) is 0 Å². The van der Waals surface area contributed by atoms with E-state index in [0.29, 0.717) is 13.0 Å². The van der Waals surface area contributed by atoms with Crippen LogP contribution in [0.4, 0.5) is 0 Å². The summed E-state index contributed by atoms with van der Waals surface area (Å²) in [5.41, 5.74) is 0. The first-order chi connectivity index (χ1) is 7.06. The van der Waals surface area contributed by atoms with Crippen LogP contribution in [0.2, 0.25) is 0 Å². The standard InChI is InChI=1S/C10H22O4S/c1-3-4-5-6-8-13-9-7-10-14-15(2,11)12/h3-10H2,1-2H3. The summed E-state index contributed by atoms with van der Waals surface area (Å²) in [7, 11) is -3.28. The lowest BCUT2D eigenvalue weighted by molar-refractivity contribution is 0.117. The predicted octanol–water partition coefficient (Wildman–Crippen LogP) is 1.95. The molecule has 0 aromatic heterocycles. The minimum absolute atomic E-state index is 0.216. The van der Waals surface area contributed by atoms with Crippen LogP contribution in [-0.4, -0.2) is 34.5 Å². The Hall–Kier alpha value is -0.130. The van der Waals surface area contributed by atoms with Gasteiger partial charge in [0, 0.05) is 13.2 Å². The third-order valence-corrected chi connectivity index (χ3v) is 2.47. The highest BCUT2D eigenvalue weighted by Crippen LogP contribution is 1.99. The first-order valence-electron chi connectivity index (χ1n) is 5.48. The van der Waals surface area contributed by atoms with Gasteiger partial charge in [0.1, 0.15) is 0 Å². The van der Waals surface area contributed by atoms with Gasteiger partial charge in [0.2, 0.25) is 0 Å². The van der Waals surface area contributed by atoms with Crippen LogP contribution in [0.15, 0.2) is 0 Å². The quantitative estimate of drug-likeness (QED) is 0.431. The van der Waals surface area contributed by atoms with Gasteiger partial charge in [-0.1, -0.05) is 26.2 Å². The van der Waals surface area contributed by atoms with E-state index in [0.717, 1.165) is 19.3 Å². The zero-order chi connectivity index (χ0) is 11.6. The van der Waals surface area contributed by atoms with Gasteiger partial charge in [-0.3, -0.25) is 4.18 Å². The van der Waals surface area contributed by atoms with E-state index in [1.807, 2.05) is 0 Å². The Kier molecular flexibility index (Phi) is 9.04. The Morgan fingerprint density at radius 1 is 0.933 bits per heavy atom. The molecule has 15 heavy (non-hydrogen) atoms. The largest absolute Gasteiger partial charge is 0.381 e. The first-order valence-corrected chi connectivity index (χ1v) is 7.30.